The number of hydrogen-bond acceptors (Lipinski definition) is 10. The maximum Gasteiger partial charge on any atom is 0.509 e. The summed E-state index contributed by atoms with van der Waals surface area (Å²) in [5.74, 6) is -0.939. The Balaban J connectivity index is 1.76. The maximum atomic E-state index is 13.6. The molecule has 0 amide bonds. The molecule has 1 aliphatic rings. The molecule has 0 aromatic heterocycles. The number of carbonyl (C=O) groups is 2. The fourth-order valence-corrected chi connectivity index (χ4v) is 11.7. The van der Waals surface area contributed by atoms with E-state index in [4.69, 9.17) is 37.6 Å². The second-order valence-corrected chi connectivity index (χ2v) is 21.6. The molecule has 11 heteroatoms. The van der Waals surface area contributed by atoms with Gasteiger partial charge in [-0.05, 0) is 48.2 Å². The Morgan fingerprint density at radius 3 is 1.83 bits per heavy atom. The quantitative estimate of drug-likeness (QED) is 0.0447. The van der Waals surface area contributed by atoms with Crippen molar-refractivity contribution >= 4 is 30.8 Å². The van der Waals surface area contributed by atoms with Gasteiger partial charge in [0, 0.05) is 6.61 Å². The molecule has 0 N–H and O–H groups in total. The molecular weight excluding hydrogens is 753 g/mol. The lowest BCUT2D eigenvalue weighted by Crippen LogP contribution is -2.69. The average molecular weight is 821 g/mol. The smallest absolute Gasteiger partial charge is 0.456 e. The Kier molecular flexibility index (Phi) is 18.4. The SMILES string of the molecule is CCCCCCCCO[C@@H]1O[C@H](CO[Si](c2ccccc2)(c2ccccc2)C(C)(C)C)[C@@H](OC(=O)C(C)C)[C@H](OCOCc2ccccc2)[C@H]1OC(=O)OC(C)(C)C. The summed E-state index contributed by atoms with van der Waals surface area (Å²) in [6.07, 6.45) is 0.0680. The first kappa shape index (κ1) is 47.1. The molecule has 5 atom stereocenters. The van der Waals surface area contributed by atoms with E-state index in [0.717, 1.165) is 48.0 Å². The van der Waals surface area contributed by atoms with E-state index < -0.39 is 62.7 Å². The van der Waals surface area contributed by atoms with Crippen LogP contribution in [0.25, 0.3) is 0 Å². The van der Waals surface area contributed by atoms with Crippen LogP contribution in [0.2, 0.25) is 5.04 Å². The van der Waals surface area contributed by atoms with Crippen molar-refractivity contribution in [1.82, 2.24) is 0 Å². The third kappa shape index (κ3) is 13.7. The van der Waals surface area contributed by atoms with Gasteiger partial charge in [-0.3, -0.25) is 4.79 Å². The Morgan fingerprint density at radius 1 is 0.707 bits per heavy atom. The van der Waals surface area contributed by atoms with Gasteiger partial charge < -0.3 is 37.6 Å². The molecule has 1 aliphatic heterocycles. The number of ether oxygens (including phenoxy) is 7. The minimum Gasteiger partial charge on any atom is -0.456 e. The molecule has 1 fully saturated rings. The van der Waals surface area contributed by atoms with Crippen molar-refractivity contribution in [1.29, 1.82) is 0 Å². The van der Waals surface area contributed by atoms with E-state index in [2.05, 4.69) is 52.0 Å². The molecule has 0 radical (unpaired) electrons. The Hall–Kier alpha value is -3.58. The molecule has 0 aliphatic carbocycles. The van der Waals surface area contributed by atoms with E-state index >= 15 is 0 Å². The average Bonchev–Trinajstić information content (AvgIpc) is 3.18. The van der Waals surface area contributed by atoms with Crippen molar-refractivity contribution in [2.75, 3.05) is 20.0 Å². The van der Waals surface area contributed by atoms with E-state index in [0.29, 0.717) is 6.61 Å². The lowest BCUT2D eigenvalue weighted by molar-refractivity contribution is -0.319. The molecule has 3 aromatic rings. The van der Waals surface area contributed by atoms with Crippen LogP contribution in [0, 0.1) is 5.92 Å². The highest BCUT2D eigenvalue weighted by atomic mass is 28.4. The maximum absolute atomic E-state index is 13.6. The van der Waals surface area contributed by atoms with Crippen LogP contribution in [0.3, 0.4) is 0 Å². The zero-order valence-corrected chi connectivity index (χ0v) is 37.3. The first-order valence-electron chi connectivity index (χ1n) is 21.0. The largest absolute Gasteiger partial charge is 0.509 e. The van der Waals surface area contributed by atoms with Crippen LogP contribution in [0.15, 0.2) is 91.0 Å². The highest BCUT2D eigenvalue weighted by Crippen LogP contribution is 2.38. The third-order valence-corrected chi connectivity index (χ3v) is 15.1. The number of unbranched alkanes of at least 4 members (excludes halogenated alkanes) is 5. The zero-order valence-electron chi connectivity index (χ0n) is 36.3. The summed E-state index contributed by atoms with van der Waals surface area (Å²) in [6, 6.07) is 30.3. The van der Waals surface area contributed by atoms with Crippen LogP contribution in [-0.2, 0) is 49.0 Å². The molecule has 0 saturated carbocycles. The van der Waals surface area contributed by atoms with E-state index in [-0.39, 0.29) is 25.0 Å². The van der Waals surface area contributed by atoms with Crippen molar-refractivity contribution in [2.24, 2.45) is 5.92 Å². The van der Waals surface area contributed by atoms with E-state index in [9.17, 15) is 9.59 Å². The van der Waals surface area contributed by atoms with Crippen LogP contribution in [0.1, 0.15) is 106 Å². The van der Waals surface area contributed by atoms with Crippen molar-refractivity contribution < 1.29 is 47.2 Å². The summed E-state index contributed by atoms with van der Waals surface area (Å²) in [4.78, 5) is 27.0. The predicted octanol–water partition coefficient (Wildman–Crippen LogP) is 9.11. The molecule has 0 bridgehead atoms. The minimum absolute atomic E-state index is 0.0179. The molecule has 1 heterocycles. The third-order valence-electron chi connectivity index (χ3n) is 10.1. The van der Waals surface area contributed by atoms with Gasteiger partial charge in [0.1, 0.15) is 24.6 Å². The number of rotatable bonds is 21. The fraction of sp³-hybridized carbons (Fsp3) is 0.574. The number of benzene rings is 3. The van der Waals surface area contributed by atoms with Gasteiger partial charge in [0.25, 0.3) is 8.32 Å². The number of hydrogen-bond donors (Lipinski definition) is 0. The molecule has 320 valence electrons. The molecule has 1 saturated heterocycles. The van der Waals surface area contributed by atoms with Gasteiger partial charge in [-0.2, -0.15) is 0 Å². The van der Waals surface area contributed by atoms with E-state index in [1.54, 1.807) is 34.6 Å². The molecule has 0 spiro atoms. The van der Waals surface area contributed by atoms with Gasteiger partial charge in [0.15, 0.2) is 18.5 Å². The Morgan fingerprint density at radius 2 is 1.28 bits per heavy atom. The number of esters is 1. The first-order chi connectivity index (χ1) is 27.7. The topological polar surface area (TPSA) is 108 Å². The zero-order chi connectivity index (χ0) is 42.2. The van der Waals surface area contributed by atoms with E-state index in [1.165, 1.54) is 6.42 Å². The predicted molar refractivity (Wildman–Crippen MR) is 228 cm³/mol. The normalized spacial score (nSPS) is 20.1. The van der Waals surface area contributed by atoms with E-state index in [1.807, 2.05) is 66.7 Å². The summed E-state index contributed by atoms with van der Waals surface area (Å²) in [5, 5.41) is 1.83. The van der Waals surface area contributed by atoms with Gasteiger partial charge >= 0.3 is 12.1 Å². The fourth-order valence-electron chi connectivity index (χ4n) is 7.17. The Bertz CT molecular complexity index is 1580. The van der Waals surface area contributed by atoms with Gasteiger partial charge in [-0.1, -0.05) is 165 Å². The summed E-state index contributed by atoms with van der Waals surface area (Å²) in [6.45, 7) is 18.0. The van der Waals surface area contributed by atoms with Crippen molar-refractivity contribution in [3.63, 3.8) is 0 Å². The van der Waals surface area contributed by atoms with Crippen LogP contribution in [-0.4, -0.2) is 76.8 Å². The monoisotopic (exact) mass is 820 g/mol. The molecule has 0 unspecified atom stereocenters. The molecule has 3 aromatic carbocycles. The van der Waals surface area contributed by atoms with Crippen molar-refractivity contribution in [2.45, 2.75) is 149 Å². The van der Waals surface area contributed by atoms with Crippen molar-refractivity contribution in [3.05, 3.63) is 96.6 Å². The van der Waals surface area contributed by atoms with Crippen LogP contribution in [0.5, 0.6) is 0 Å². The minimum atomic E-state index is -3.09. The summed E-state index contributed by atoms with van der Waals surface area (Å²) in [7, 11) is -3.09. The number of carbonyl (C=O) groups excluding carboxylic acids is 2. The van der Waals surface area contributed by atoms with Crippen LogP contribution in [0.4, 0.5) is 4.79 Å². The van der Waals surface area contributed by atoms with Gasteiger partial charge in [0.2, 0.25) is 0 Å². The summed E-state index contributed by atoms with van der Waals surface area (Å²) in [5.41, 5.74) is 0.117. The lowest BCUT2D eigenvalue weighted by atomic mass is 9.98. The highest BCUT2D eigenvalue weighted by molar-refractivity contribution is 6.99. The second-order valence-electron chi connectivity index (χ2n) is 17.3. The molecule has 4 rings (SSSR count). The highest BCUT2D eigenvalue weighted by Gasteiger charge is 2.55. The molecule has 58 heavy (non-hydrogen) atoms. The van der Waals surface area contributed by atoms with Gasteiger partial charge in [-0.15, -0.1) is 0 Å². The Labute approximate surface area is 348 Å². The van der Waals surface area contributed by atoms with Gasteiger partial charge in [0.05, 0.1) is 19.1 Å². The second kappa shape index (κ2) is 22.7. The molecule has 10 nitrogen and oxygen atoms in total. The van der Waals surface area contributed by atoms with Crippen LogP contribution >= 0.6 is 0 Å². The summed E-state index contributed by atoms with van der Waals surface area (Å²) < 4.78 is 51.1. The van der Waals surface area contributed by atoms with Gasteiger partial charge in [-0.25, -0.2) is 4.79 Å². The standard InChI is InChI=1S/C47H68O10Si/c1-10-11-12-13-14-24-31-51-44-42(56-45(49)57-46(4,5)6)41(52-34-50-32-36-25-18-15-19-26-36)40(55-43(48)35(2)3)39(54-44)33-53-58(47(7,8)9,37-27-20-16-21-28-37)38-29-22-17-23-30-38/h15-23,25-30,35,39-42,44H,10-14,24,31-34H2,1-9H3/t39-,40-,41+,42-,44-/m1/s1. The summed E-state index contributed by atoms with van der Waals surface area (Å²) >= 11 is 0. The first-order valence-corrected chi connectivity index (χ1v) is 22.9. The molecular formula is C47H68O10Si. The van der Waals surface area contributed by atoms with Crippen molar-refractivity contribution in [3.8, 4) is 0 Å². The van der Waals surface area contributed by atoms with Crippen LogP contribution < -0.4 is 10.4 Å². The lowest BCUT2D eigenvalue weighted by Gasteiger charge is -2.47.